The van der Waals surface area contributed by atoms with Gasteiger partial charge in [0.15, 0.2) is 0 Å². The average molecular weight is 176 g/mol. The van der Waals surface area contributed by atoms with Crippen molar-refractivity contribution < 1.29 is 4.74 Å². The van der Waals surface area contributed by atoms with Crippen LogP contribution in [0.2, 0.25) is 0 Å². The van der Waals surface area contributed by atoms with E-state index in [-0.39, 0.29) is 0 Å². The van der Waals surface area contributed by atoms with Gasteiger partial charge in [-0.3, -0.25) is 0 Å². The van der Waals surface area contributed by atoms with Gasteiger partial charge in [0.25, 0.3) is 0 Å². The van der Waals surface area contributed by atoms with Gasteiger partial charge in [0.05, 0.1) is 6.61 Å². The molecule has 0 fully saturated rings. The van der Waals surface area contributed by atoms with Crippen LogP contribution in [0.15, 0.2) is 36.4 Å². The number of hydrogen-bond donors (Lipinski definition) is 0. The van der Waals surface area contributed by atoms with Crippen molar-refractivity contribution in [2.24, 2.45) is 0 Å². The SMILES string of the molecule is C/C=C/Cc1ccccc1OCC. The minimum absolute atomic E-state index is 0.729. The van der Waals surface area contributed by atoms with Crippen LogP contribution in [0.4, 0.5) is 0 Å². The molecule has 0 atom stereocenters. The Bertz CT molecular complexity index is 276. The molecule has 0 aliphatic heterocycles. The standard InChI is InChI=1S/C12H16O/c1-3-5-8-11-9-6-7-10-12(11)13-4-2/h3,5-7,9-10H,4,8H2,1-2H3/b5-3+. The van der Waals surface area contributed by atoms with Gasteiger partial charge in [-0.2, -0.15) is 0 Å². The highest BCUT2D eigenvalue weighted by atomic mass is 16.5. The maximum absolute atomic E-state index is 5.50. The second-order valence-electron chi connectivity index (χ2n) is 2.81. The van der Waals surface area contributed by atoms with E-state index in [1.807, 2.05) is 32.0 Å². The molecule has 1 aromatic rings. The van der Waals surface area contributed by atoms with E-state index in [1.54, 1.807) is 0 Å². The fourth-order valence-corrected chi connectivity index (χ4v) is 1.21. The summed E-state index contributed by atoms with van der Waals surface area (Å²) in [5, 5.41) is 0. The number of allylic oxidation sites excluding steroid dienone is 2. The van der Waals surface area contributed by atoms with Crippen LogP contribution in [-0.2, 0) is 6.42 Å². The summed E-state index contributed by atoms with van der Waals surface area (Å²) >= 11 is 0. The van der Waals surface area contributed by atoms with E-state index in [2.05, 4.69) is 18.2 Å². The van der Waals surface area contributed by atoms with Crippen molar-refractivity contribution in [1.29, 1.82) is 0 Å². The summed E-state index contributed by atoms with van der Waals surface area (Å²) in [6.07, 6.45) is 5.15. The Balaban J connectivity index is 2.77. The van der Waals surface area contributed by atoms with E-state index in [0.29, 0.717) is 0 Å². The molecule has 1 heteroatoms. The zero-order valence-corrected chi connectivity index (χ0v) is 8.29. The van der Waals surface area contributed by atoms with Crippen LogP contribution in [0.3, 0.4) is 0 Å². The topological polar surface area (TPSA) is 9.23 Å². The Kier molecular flexibility index (Phi) is 4.10. The molecule has 0 radical (unpaired) electrons. The van der Waals surface area contributed by atoms with Gasteiger partial charge in [-0.25, -0.2) is 0 Å². The highest BCUT2D eigenvalue weighted by Crippen LogP contribution is 2.18. The molecule has 0 amide bonds. The summed E-state index contributed by atoms with van der Waals surface area (Å²) in [6.45, 7) is 4.77. The Labute approximate surface area is 80.0 Å². The largest absolute Gasteiger partial charge is 0.494 e. The van der Waals surface area contributed by atoms with Crippen LogP contribution in [-0.4, -0.2) is 6.61 Å². The lowest BCUT2D eigenvalue weighted by Gasteiger charge is -2.07. The van der Waals surface area contributed by atoms with Crippen LogP contribution in [0.1, 0.15) is 19.4 Å². The predicted molar refractivity (Wildman–Crippen MR) is 56.1 cm³/mol. The molecule has 0 aromatic heterocycles. The lowest BCUT2D eigenvalue weighted by Crippen LogP contribution is -1.95. The molecular formula is C12H16O. The van der Waals surface area contributed by atoms with Crippen LogP contribution < -0.4 is 4.74 Å². The van der Waals surface area contributed by atoms with Gasteiger partial charge in [0.2, 0.25) is 0 Å². The minimum atomic E-state index is 0.729. The van der Waals surface area contributed by atoms with Crippen molar-refractivity contribution in [3.8, 4) is 5.75 Å². The molecule has 0 saturated heterocycles. The molecule has 0 aliphatic carbocycles. The Morgan fingerprint density at radius 2 is 2.08 bits per heavy atom. The second-order valence-corrected chi connectivity index (χ2v) is 2.81. The first-order valence-corrected chi connectivity index (χ1v) is 4.70. The van der Waals surface area contributed by atoms with Gasteiger partial charge >= 0.3 is 0 Å². The van der Waals surface area contributed by atoms with Gasteiger partial charge in [0.1, 0.15) is 5.75 Å². The van der Waals surface area contributed by atoms with Crippen molar-refractivity contribution in [2.45, 2.75) is 20.3 Å². The van der Waals surface area contributed by atoms with Crippen LogP contribution >= 0.6 is 0 Å². The fourth-order valence-electron chi connectivity index (χ4n) is 1.21. The molecule has 0 N–H and O–H groups in total. The maximum Gasteiger partial charge on any atom is 0.122 e. The zero-order valence-electron chi connectivity index (χ0n) is 8.29. The molecule has 1 rings (SSSR count). The van der Waals surface area contributed by atoms with Crippen molar-refractivity contribution in [2.75, 3.05) is 6.61 Å². The monoisotopic (exact) mass is 176 g/mol. The molecule has 0 saturated carbocycles. The van der Waals surface area contributed by atoms with E-state index in [1.165, 1.54) is 5.56 Å². The highest BCUT2D eigenvalue weighted by molar-refractivity contribution is 5.34. The predicted octanol–water partition coefficient (Wildman–Crippen LogP) is 3.20. The number of rotatable bonds is 4. The number of ether oxygens (including phenoxy) is 1. The van der Waals surface area contributed by atoms with Gasteiger partial charge in [-0.1, -0.05) is 30.4 Å². The first kappa shape index (κ1) is 9.85. The van der Waals surface area contributed by atoms with E-state index >= 15 is 0 Å². The summed E-state index contributed by atoms with van der Waals surface area (Å²) in [4.78, 5) is 0. The van der Waals surface area contributed by atoms with Crippen molar-refractivity contribution in [3.05, 3.63) is 42.0 Å². The molecule has 0 unspecified atom stereocenters. The summed E-state index contributed by atoms with van der Waals surface area (Å²) in [6, 6.07) is 8.17. The molecule has 1 nitrogen and oxygen atoms in total. The first-order chi connectivity index (χ1) is 6.38. The fraction of sp³-hybridized carbons (Fsp3) is 0.333. The van der Waals surface area contributed by atoms with E-state index in [0.717, 1.165) is 18.8 Å². The van der Waals surface area contributed by atoms with Gasteiger partial charge in [-0.15, -0.1) is 0 Å². The third-order valence-electron chi connectivity index (χ3n) is 1.85. The molecule has 70 valence electrons. The second kappa shape index (κ2) is 5.41. The first-order valence-electron chi connectivity index (χ1n) is 4.70. The lowest BCUT2D eigenvalue weighted by molar-refractivity contribution is 0.337. The molecule has 0 spiro atoms. The van der Waals surface area contributed by atoms with Crippen molar-refractivity contribution >= 4 is 0 Å². The highest BCUT2D eigenvalue weighted by Gasteiger charge is 1.98. The summed E-state index contributed by atoms with van der Waals surface area (Å²) in [5.74, 6) is 1.00. The summed E-state index contributed by atoms with van der Waals surface area (Å²) in [5.41, 5.74) is 1.25. The molecule has 0 aliphatic rings. The molecule has 0 heterocycles. The third kappa shape index (κ3) is 2.94. The van der Waals surface area contributed by atoms with Gasteiger partial charge < -0.3 is 4.74 Å². The molecule has 0 bridgehead atoms. The zero-order chi connectivity index (χ0) is 9.52. The number of para-hydroxylation sites is 1. The van der Waals surface area contributed by atoms with Crippen LogP contribution in [0, 0.1) is 0 Å². The number of benzene rings is 1. The smallest absolute Gasteiger partial charge is 0.122 e. The normalized spacial score (nSPS) is 10.6. The van der Waals surface area contributed by atoms with Crippen LogP contribution in [0.25, 0.3) is 0 Å². The van der Waals surface area contributed by atoms with E-state index in [9.17, 15) is 0 Å². The van der Waals surface area contributed by atoms with E-state index in [4.69, 9.17) is 4.74 Å². The quantitative estimate of drug-likeness (QED) is 0.640. The molecular weight excluding hydrogens is 160 g/mol. The van der Waals surface area contributed by atoms with Crippen molar-refractivity contribution in [3.63, 3.8) is 0 Å². The third-order valence-corrected chi connectivity index (χ3v) is 1.85. The van der Waals surface area contributed by atoms with Crippen molar-refractivity contribution in [1.82, 2.24) is 0 Å². The van der Waals surface area contributed by atoms with Gasteiger partial charge in [0, 0.05) is 0 Å². The summed E-state index contributed by atoms with van der Waals surface area (Å²) in [7, 11) is 0. The van der Waals surface area contributed by atoms with E-state index < -0.39 is 0 Å². The lowest BCUT2D eigenvalue weighted by atomic mass is 10.1. The number of hydrogen-bond acceptors (Lipinski definition) is 1. The maximum atomic E-state index is 5.50. The molecule has 13 heavy (non-hydrogen) atoms. The minimum Gasteiger partial charge on any atom is -0.494 e. The Morgan fingerprint density at radius 1 is 1.31 bits per heavy atom. The Hall–Kier alpha value is -1.24. The average Bonchev–Trinajstić information content (AvgIpc) is 2.17. The van der Waals surface area contributed by atoms with Gasteiger partial charge in [-0.05, 0) is 31.9 Å². The summed E-state index contributed by atoms with van der Waals surface area (Å²) < 4.78 is 5.50. The van der Waals surface area contributed by atoms with Crippen LogP contribution in [0.5, 0.6) is 5.75 Å². The molecule has 1 aromatic carbocycles. The Morgan fingerprint density at radius 3 is 2.77 bits per heavy atom.